The lowest BCUT2D eigenvalue weighted by atomic mass is 10.1. The Bertz CT molecular complexity index is 804. The van der Waals surface area contributed by atoms with Crippen molar-refractivity contribution in [3.05, 3.63) is 57.6 Å². The van der Waals surface area contributed by atoms with E-state index in [1.165, 1.54) is 0 Å². The molecular formula is C20H22BrNO4. The van der Waals surface area contributed by atoms with Crippen LogP contribution < -0.4 is 10.1 Å². The summed E-state index contributed by atoms with van der Waals surface area (Å²) in [5.41, 5.74) is 3.86. The van der Waals surface area contributed by atoms with Gasteiger partial charge in [0.2, 0.25) is 0 Å². The van der Waals surface area contributed by atoms with Gasteiger partial charge in [0.05, 0.1) is 4.47 Å². The second-order valence-electron chi connectivity index (χ2n) is 5.89. The summed E-state index contributed by atoms with van der Waals surface area (Å²) in [5.74, 6) is -0.434. The standard InChI is InChI=1S/C20H22BrNO4/c1-4-15-7-5-6-14(3)20(15)22-18(23)11-26-19(24)12-25-17-9-8-13(2)10-16(17)21/h5-10H,4,11-12H2,1-3H3,(H,22,23). The highest BCUT2D eigenvalue weighted by atomic mass is 79.9. The number of anilines is 1. The molecule has 0 aliphatic carbocycles. The fourth-order valence-corrected chi connectivity index (χ4v) is 3.03. The number of esters is 1. The first-order valence-electron chi connectivity index (χ1n) is 8.33. The van der Waals surface area contributed by atoms with Crippen molar-refractivity contribution >= 4 is 33.5 Å². The molecule has 6 heteroatoms. The molecule has 0 saturated carbocycles. The maximum atomic E-state index is 12.1. The van der Waals surface area contributed by atoms with Gasteiger partial charge in [0.25, 0.3) is 5.91 Å². The van der Waals surface area contributed by atoms with Crippen molar-refractivity contribution in [3.63, 3.8) is 0 Å². The maximum absolute atomic E-state index is 12.1. The average Bonchev–Trinajstić information content (AvgIpc) is 2.61. The van der Waals surface area contributed by atoms with Crippen LogP contribution in [0.5, 0.6) is 5.75 Å². The van der Waals surface area contributed by atoms with Crippen LogP contribution in [-0.4, -0.2) is 25.1 Å². The second-order valence-corrected chi connectivity index (χ2v) is 6.75. The minimum atomic E-state index is -0.604. The van der Waals surface area contributed by atoms with Gasteiger partial charge < -0.3 is 14.8 Å². The Labute approximate surface area is 161 Å². The summed E-state index contributed by atoms with van der Waals surface area (Å²) in [7, 11) is 0. The molecule has 138 valence electrons. The number of hydrogen-bond donors (Lipinski definition) is 1. The monoisotopic (exact) mass is 419 g/mol. The van der Waals surface area contributed by atoms with E-state index in [2.05, 4.69) is 21.2 Å². The van der Waals surface area contributed by atoms with E-state index in [4.69, 9.17) is 9.47 Å². The van der Waals surface area contributed by atoms with Crippen molar-refractivity contribution in [2.45, 2.75) is 27.2 Å². The fraction of sp³-hybridized carbons (Fsp3) is 0.300. The molecule has 0 saturated heterocycles. The van der Waals surface area contributed by atoms with Gasteiger partial charge in [-0.2, -0.15) is 0 Å². The highest BCUT2D eigenvalue weighted by Gasteiger charge is 2.12. The Balaban J connectivity index is 1.83. The number of halogens is 1. The van der Waals surface area contributed by atoms with Gasteiger partial charge in [0, 0.05) is 5.69 Å². The minimum Gasteiger partial charge on any atom is -0.481 e. The first-order chi connectivity index (χ1) is 12.4. The molecule has 0 atom stereocenters. The van der Waals surface area contributed by atoms with Crippen LogP contribution in [0.25, 0.3) is 0 Å². The Morgan fingerprint density at radius 3 is 2.58 bits per heavy atom. The van der Waals surface area contributed by atoms with E-state index in [1.807, 2.05) is 51.1 Å². The molecule has 0 aromatic heterocycles. The van der Waals surface area contributed by atoms with Gasteiger partial charge in [-0.1, -0.05) is 31.2 Å². The van der Waals surface area contributed by atoms with E-state index in [0.717, 1.165) is 33.3 Å². The van der Waals surface area contributed by atoms with E-state index >= 15 is 0 Å². The van der Waals surface area contributed by atoms with Gasteiger partial charge in [-0.3, -0.25) is 4.79 Å². The van der Waals surface area contributed by atoms with Gasteiger partial charge in [-0.15, -0.1) is 0 Å². The lowest BCUT2D eigenvalue weighted by Crippen LogP contribution is -2.24. The summed E-state index contributed by atoms with van der Waals surface area (Å²) in [6.07, 6.45) is 0.802. The summed E-state index contributed by atoms with van der Waals surface area (Å²) < 4.78 is 11.1. The molecule has 5 nitrogen and oxygen atoms in total. The quantitative estimate of drug-likeness (QED) is 0.683. The largest absolute Gasteiger partial charge is 0.481 e. The fourth-order valence-electron chi connectivity index (χ4n) is 2.42. The normalized spacial score (nSPS) is 10.3. The molecule has 0 spiro atoms. The lowest BCUT2D eigenvalue weighted by Gasteiger charge is -2.13. The molecule has 2 aromatic rings. The number of carbonyl (C=O) groups excluding carboxylic acids is 2. The number of amides is 1. The van der Waals surface area contributed by atoms with Crippen LogP contribution >= 0.6 is 15.9 Å². The lowest BCUT2D eigenvalue weighted by molar-refractivity contribution is -0.149. The van der Waals surface area contributed by atoms with Crippen LogP contribution in [0.1, 0.15) is 23.6 Å². The third kappa shape index (κ3) is 5.59. The third-order valence-corrected chi connectivity index (χ3v) is 4.42. The van der Waals surface area contributed by atoms with E-state index < -0.39 is 5.97 Å². The molecule has 1 N–H and O–H groups in total. The maximum Gasteiger partial charge on any atom is 0.344 e. The third-order valence-electron chi connectivity index (χ3n) is 3.80. The molecule has 0 bridgehead atoms. The minimum absolute atomic E-state index is 0.264. The van der Waals surface area contributed by atoms with E-state index in [-0.39, 0.29) is 19.1 Å². The number of aryl methyl sites for hydroxylation is 3. The van der Waals surface area contributed by atoms with Crippen LogP contribution in [0.2, 0.25) is 0 Å². The van der Waals surface area contributed by atoms with Crippen molar-refractivity contribution in [2.24, 2.45) is 0 Å². The molecule has 2 rings (SSSR count). The number of nitrogens with one attached hydrogen (secondary N) is 1. The first kappa shape index (κ1) is 20.0. The predicted octanol–water partition coefficient (Wildman–Crippen LogP) is 4.19. The van der Waals surface area contributed by atoms with E-state index in [0.29, 0.717) is 5.75 Å². The number of rotatable bonds is 7. The molecule has 1 amide bonds. The van der Waals surface area contributed by atoms with Crippen molar-refractivity contribution in [1.29, 1.82) is 0 Å². The van der Waals surface area contributed by atoms with Crippen molar-refractivity contribution in [2.75, 3.05) is 18.5 Å². The molecule has 0 aliphatic heterocycles. The van der Waals surface area contributed by atoms with Crippen LogP contribution in [0.3, 0.4) is 0 Å². The Hall–Kier alpha value is -2.34. The number of carbonyl (C=O) groups is 2. The zero-order valence-electron chi connectivity index (χ0n) is 15.1. The molecular weight excluding hydrogens is 398 g/mol. The molecule has 0 fully saturated rings. The van der Waals surface area contributed by atoms with E-state index in [9.17, 15) is 9.59 Å². The van der Waals surface area contributed by atoms with Gasteiger partial charge >= 0.3 is 5.97 Å². The predicted molar refractivity (Wildman–Crippen MR) is 105 cm³/mol. The van der Waals surface area contributed by atoms with Crippen LogP contribution in [0, 0.1) is 13.8 Å². The highest BCUT2D eigenvalue weighted by Crippen LogP contribution is 2.25. The van der Waals surface area contributed by atoms with Gasteiger partial charge in [0.15, 0.2) is 13.2 Å². The van der Waals surface area contributed by atoms with Crippen molar-refractivity contribution < 1.29 is 19.1 Å². The Morgan fingerprint density at radius 1 is 1.12 bits per heavy atom. The number of para-hydroxylation sites is 1. The summed E-state index contributed by atoms with van der Waals surface area (Å²) in [5, 5.41) is 2.81. The Morgan fingerprint density at radius 2 is 1.88 bits per heavy atom. The van der Waals surface area contributed by atoms with Crippen molar-refractivity contribution in [1.82, 2.24) is 0 Å². The average molecular weight is 420 g/mol. The van der Waals surface area contributed by atoms with Crippen LogP contribution in [0.4, 0.5) is 5.69 Å². The summed E-state index contributed by atoms with van der Waals surface area (Å²) >= 11 is 3.38. The van der Waals surface area contributed by atoms with E-state index in [1.54, 1.807) is 6.07 Å². The molecule has 26 heavy (non-hydrogen) atoms. The Kier molecular flexibility index (Phi) is 7.21. The van der Waals surface area contributed by atoms with Crippen LogP contribution in [0.15, 0.2) is 40.9 Å². The zero-order chi connectivity index (χ0) is 19.1. The van der Waals surface area contributed by atoms with Crippen molar-refractivity contribution in [3.8, 4) is 5.75 Å². The highest BCUT2D eigenvalue weighted by molar-refractivity contribution is 9.10. The van der Waals surface area contributed by atoms with Gasteiger partial charge in [-0.05, 0) is 65.0 Å². The molecule has 0 radical (unpaired) electrons. The smallest absolute Gasteiger partial charge is 0.344 e. The first-order valence-corrected chi connectivity index (χ1v) is 9.13. The van der Waals surface area contributed by atoms with Gasteiger partial charge in [0.1, 0.15) is 5.75 Å². The molecule has 0 aliphatic rings. The summed E-state index contributed by atoms with van der Waals surface area (Å²) in [6, 6.07) is 11.4. The molecule has 0 unspecified atom stereocenters. The summed E-state index contributed by atoms with van der Waals surface area (Å²) in [6.45, 7) is 5.28. The summed E-state index contributed by atoms with van der Waals surface area (Å²) in [4.78, 5) is 23.9. The molecule has 2 aromatic carbocycles. The van der Waals surface area contributed by atoms with Gasteiger partial charge in [-0.25, -0.2) is 4.79 Å². The topological polar surface area (TPSA) is 64.6 Å². The van der Waals surface area contributed by atoms with Crippen LogP contribution in [-0.2, 0) is 20.7 Å². The molecule has 0 heterocycles. The number of benzene rings is 2. The zero-order valence-corrected chi connectivity index (χ0v) is 16.7. The number of hydrogen-bond acceptors (Lipinski definition) is 4. The number of ether oxygens (including phenoxy) is 2. The SMILES string of the molecule is CCc1cccc(C)c1NC(=O)COC(=O)COc1ccc(C)cc1Br. The second kappa shape index (κ2) is 9.38.